The SMILES string of the molecule is CC(C)c1ccc(C(=O)NC2(CO)CCOCC2)cc1. The van der Waals surface area contributed by atoms with E-state index in [0.29, 0.717) is 37.5 Å². The van der Waals surface area contributed by atoms with Crippen molar-refractivity contribution in [3.05, 3.63) is 35.4 Å². The van der Waals surface area contributed by atoms with Crippen LogP contribution < -0.4 is 5.32 Å². The molecule has 1 fully saturated rings. The minimum Gasteiger partial charge on any atom is -0.394 e. The van der Waals surface area contributed by atoms with E-state index in [1.54, 1.807) is 0 Å². The minimum atomic E-state index is -0.536. The van der Waals surface area contributed by atoms with Gasteiger partial charge >= 0.3 is 0 Å². The molecular weight excluding hydrogens is 254 g/mol. The summed E-state index contributed by atoms with van der Waals surface area (Å²) in [5.74, 6) is 0.322. The quantitative estimate of drug-likeness (QED) is 0.886. The van der Waals surface area contributed by atoms with Crippen LogP contribution in [0.5, 0.6) is 0 Å². The van der Waals surface area contributed by atoms with Crippen molar-refractivity contribution in [3.8, 4) is 0 Å². The van der Waals surface area contributed by atoms with E-state index < -0.39 is 5.54 Å². The Labute approximate surface area is 120 Å². The fourth-order valence-electron chi connectivity index (χ4n) is 2.42. The number of benzene rings is 1. The predicted octanol–water partition coefficient (Wildman–Crippen LogP) is 2.08. The average molecular weight is 277 g/mol. The molecule has 0 unspecified atom stereocenters. The second-order valence-corrected chi connectivity index (χ2v) is 5.78. The van der Waals surface area contributed by atoms with E-state index in [2.05, 4.69) is 19.2 Å². The Morgan fingerprint density at radius 2 is 1.90 bits per heavy atom. The molecule has 0 radical (unpaired) electrons. The molecule has 4 heteroatoms. The van der Waals surface area contributed by atoms with Gasteiger partial charge in [0.25, 0.3) is 5.91 Å². The number of amides is 1. The summed E-state index contributed by atoms with van der Waals surface area (Å²) < 4.78 is 5.29. The van der Waals surface area contributed by atoms with Crippen LogP contribution in [0.1, 0.15) is 48.5 Å². The average Bonchev–Trinajstić information content (AvgIpc) is 2.48. The van der Waals surface area contributed by atoms with E-state index in [-0.39, 0.29) is 12.5 Å². The monoisotopic (exact) mass is 277 g/mol. The molecule has 0 atom stereocenters. The van der Waals surface area contributed by atoms with Gasteiger partial charge in [0.1, 0.15) is 0 Å². The standard InChI is InChI=1S/C16H23NO3/c1-12(2)13-3-5-14(6-4-13)15(19)17-16(11-18)7-9-20-10-8-16/h3-6,12,18H,7-11H2,1-2H3,(H,17,19). The summed E-state index contributed by atoms with van der Waals surface area (Å²) in [5, 5.41) is 12.6. The van der Waals surface area contributed by atoms with E-state index in [4.69, 9.17) is 4.74 Å². The molecule has 0 aromatic heterocycles. The summed E-state index contributed by atoms with van der Waals surface area (Å²) in [7, 11) is 0. The number of hydrogen-bond donors (Lipinski definition) is 2. The van der Waals surface area contributed by atoms with Crippen LogP contribution in [-0.4, -0.2) is 36.4 Å². The zero-order valence-corrected chi connectivity index (χ0v) is 12.2. The number of aliphatic hydroxyl groups excluding tert-OH is 1. The van der Waals surface area contributed by atoms with Gasteiger partial charge in [0.05, 0.1) is 12.1 Å². The topological polar surface area (TPSA) is 58.6 Å². The second-order valence-electron chi connectivity index (χ2n) is 5.78. The first-order valence-electron chi connectivity index (χ1n) is 7.17. The number of nitrogens with one attached hydrogen (secondary N) is 1. The van der Waals surface area contributed by atoms with Gasteiger partial charge in [-0.2, -0.15) is 0 Å². The van der Waals surface area contributed by atoms with Crippen LogP contribution in [0.3, 0.4) is 0 Å². The van der Waals surface area contributed by atoms with Crippen LogP contribution in [0.25, 0.3) is 0 Å². The van der Waals surface area contributed by atoms with Gasteiger partial charge in [0.15, 0.2) is 0 Å². The third-order valence-corrected chi connectivity index (χ3v) is 3.97. The van der Waals surface area contributed by atoms with Gasteiger partial charge in [-0.05, 0) is 36.5 Å². The van der Waals surface area contributed by atoms with Crippen molar-refractivity contribution in [2.45, 2.75) is 38.1 Å². The molecule has 4 nitrogen and oxygen atoms in total. The Hall–Kier alpha value is -1.39. The van der Waals surface area contributed by atoms with E-state index in [1.165, 1.54) is 5.56 Å². The molecule has 1 aromatic rings. The molecule has 0 bridgehead atoms. The normalized spacial score (nSPS) is 18.0. The summed E-state index contributed by atoms with van der Waals surface area (Å²) in [4.78, 5) is 12.3. The lowest BCUT2D eigenvalue weighted by atomic mass is 9.90. The van der Waals surface area contributed by atoms with E-state index >= 15 is 0 Å². The summed E-state index contributed by atoms with van der Waals surface area (Å²) in [5.41, 5.74) is 1.31. The van der Waals surface area contributed by atoms with Gasteiger partial charge in [-0.15, -0.1) is 0 Å². The molecule has 2 rings (SSSR count). The molecule has 1 heterocycles. The maximum Gasteiger partial charge on any atom is 0.251 e. The predicted molar refractivity (Wildman–Crippen MR) is 77.9 cm³/mol. The maximum absolute atomic E-state index is 12.3. The Morgan fingerprint density at radius 1 is 1.30 bits per heavy atom. The second kappa shape index (κ2) is 6.37. The van der Waals surface area contributed by atoms with Crippen LogP contribution in [0, 0.1) is 0 Å². The van der Waals surface area contributed by atoms with Gasteiger partial charge < -0.3 is 15.2 Å². The Balaban J connectivity index is 2.06. The summed E-state index contributed by atoms with van der Waals surface area (Å²) in [6.07, 6.45) is 1.30. The Morgan fingerprint density at radius 3 is 2.40 bits per heavy atom. The first kappa shape index (κ1) is 15.0. The van der Waals surface area contributed by atoms with Gasteiger partial charge in [0.2, 0.25) is 0 Å². The van der Waals surface area contributed by atoms with Crippen LogP contribution in [0.4, 0.5) is 0 Å². The Bertz CT molecular complexity index is 447. The third kappa shape index (κ3) is 3.38. The zero-order chi connectivity index (χ0) is 14.6. The number of hydrogen-bond acceptors (Lipinski definition) is 3. The summed E-state index contributed by atoms with van der Waals surface area (Å²) in [6.45, 7) is 5.35. The van der Waals surface area contributed by atoms with Crippen molar-refractivity contribution in [3.63, 3.8) is 0 Å². The van der Waals surface area contributed by atoms with Crippen molar-refractivity contribution in [2.75, 3.05) is 19.8 Å². The molecule has 20 heavy (non-hydrogen) atoms. The summed E-state index contributed by atoms with van der Waals surface area (Å²) in [6, 6.07) is 7.65. The first-order chi connectivity index (χ1) is 9.56. The third-order valence-electron chi connectivity index (χ3n) is 3.97. The maximum atomic E-state index is 12.3. The highest BCUT2D eigenvalue weighted by Gasteiger charge is 2.33. The number of carbonyl (C=O) groups is 1. The van der Waals surface area contributed by atoms with Crippen molar-refractivity contribution in [1.29, 1.82) is 0 Å². The summed E-state index contributed by atoms with van der Waals surface area (Å²) >= 11 is 0. The molecule has 1 saturated heterocycles. The molecule has 1 amide bonds. The lowest BCUT2D eigenvalue weighted by Crippen LogP contribution is -2.54. The van der Waals surface area contributed by atoms with Crippen LogP contribution in [0.2, 0.25) is 0 Å². The molecule has 110 valence electrons. The highest BCUT2D eigenvalue weighted by Crippen LogP contribution is 2.21. The van der Waals surface area contributed by atoms with Crippen LogP contribution in [-0.2, 0) is 4.74 Å². The van der Waals surface area contributed by atoms with E-state index in [1.807, 2.05) is 24.3 Å². The lowest BCUT2D eigenvalue weighted by molar-refractivity contribution is 0.0125. The van der Waals surface area contributed by atoms with E-state index in [0.717, 1.165) is 0 Å². The number of aliphatic hydroxyl groups is 1. The van der Waals surface area contributed by atoms with Crippen molar-refractivity contribution < 1.29 is 14.6 Å². The van der Waals surface area contributed by atoms with Gasteiger partial charge in [-0.3, -0.25) is 4.79 Å². The number of rotatable bonds is 4. The van der Waals surface area contributed by atoms with Crippen LogP contribution >= 0.6 is 0 Å². The van der Waals surface area contributed by atoms with Crippen molar-refractivity contribution >= 4 is 5.91 Å². The van der Waals surface area contributed by atoms with Crippen molar-refractivity contribution in [1.82, 2.24) is 5.32 Å². The number of ether oxygens (including phenoxy) is 1. The number of carbonyl (C=O) groups excluding carboxylic acids is 1. The molecule has 1 aliphatic heterocycles. The molecule has 2 N–H and O–H groups in total. The molecule has 0 aliphatic carbocycles. The highest BCUT2D eigenvalue weighted by atomic mass is 16.5. The molecular formula is C16H23NO3. The van der Waals surface area contributed by atoms with Crippen LogP contribution in [0.15, 0.2) is 24.3 Å². The van der Waals surface area contributed by atoms with Crippen molar-refractivity contribution in [2.24, 2.45) is 0 Å². The Kier molecular flexibility index (Phi) is 4.78. The molecule has 1 aromatic carbocycles. The van der Waals surface area contributed by atoms with Gasteiger partial charge in [-0.1, -0.05) is 26.0 Å². The largest absolute Gasteiger partial charge is 0.394 e. The first-order valence-corrected chi connectivity index (χ1v) is 7.17. The zero-order valence-electron chi connectivity index (χ0n) is 12.2. The molecule has 1 aliphatic rings. The fourth-order valence-corrected chi connectivity index (χ4v) is 2.42. The highest BCUT2D eigenvalue weighted by molar-refractivity contribution is 5.94. The van der Waals surface area contributed by atoms with Gasteiger partial charge in [0, 0.05) is 18.8 Å². The fraction of sp³-hybridized carbons (Fsp3) is 0.562. The van der Waals surface area contributed by atoms with E-state index in [9.17, 15) is 9.90 Å². The van der Waals surface area contributed by atoms with Gasteiger partial charge in [-0.25, -0.2) is 0 Å². The molecule has 0 spiro atoms. The smallest absolute Gasteiger partial charge is 0.251 e. The molecule has 0 saturated carbocycles. The minimum absolute atomic E-state index is 0.0494. The lowest BCUT2D eigenvalue weighted by Gasteiger charge is -2.36.